The Labute approximate surface area is 162 Å². The van der Waals surface area contributed by atoms with Gasteiger partial charge < -0.3 is 0 Å². The van der Waals surface area contributed by atoms with Gasteiger partial charge in [0.05, 0.1) is 26.8 Å². The molecule has 2 aliphatic carbocycles. The number of Topliss-reactive ketones (excluding diaryl/α,β-unsaturated/α-hetero) is 1. The minimum Gasteiger partial charge on any atom is -0.294 e. The standard InChI is InChI=1S/C19H26ClN3O2S/c1-4-11(2)21-23-22-12(3)15-10-16(15)19(24)13-5-8-18(17(20)9-13)26(25)14-6-7-14/h5,8-9,11-12,14-16H,4,6-7,10H2,1-3H3,(H,21,22). The topological polar surface area (TPSA) is 70.9 Å². The number of halogens is 1. The zero-order valence-electron chi connectivity index (χ0n) is 15.4. The molecule has 0 aliphatic heterocycles. The van der Waals surface area contributed by atoms with E-state index >= 15 is 0 Å². The zero-order valence-corrected chi connectivity index (χ0v) is 17.0. The molecule has 5 atom stereocenters. The second kappa shape index (κ2) is 8.17. The monoisotopic (exact) mass is 395 g/mol. The van der Waals surface area contributed by atoms with Crippen LogP contribution in [0.15, 0.2) is 33.4 Å². The molecule has 0 amide bonds. The maximum Gasteiger partial charge on any atom is 0.166 e. The number of carbonyl (C=O) groups is 1. The molecule has 0 heterocycles. The molecule has 1 aromatic rings. The van der Waals surface area contributed by atoms with Gasteiger partial charge in [0.25, 0.3) is 0 Å². The molecule has 0 spiro atoms. The van der Waals surface area contributed by atoms with E-state index in [1.807, 2.05) is 6.92 Å². The molecule has 0 aromatic heterocycles. The van der Waals surface area contributed by atoms with E-state index in [0.717, 1.165) is 25.7 Å². The van der Waals surface area contributed by atoms with E-state index in [0.29, 0.717) is 21.5 Å². The predicted molar refractivity (Wildman–Crippen MR) is 104 cm³/mol. The number of hydrogen-bond acceptors (Lipinski definition) is 4. The van der Waals surface area contributed by atoms with Crippen molar-refractivity contribution in [2.45, 2.75) is 68.7 Å². The lowest BCUT2D eigenvalue weighted by Gasteiger charge is -2.08. The Morgan fingerprint density at radius 3 is 2.73 bits per heavy atom. The van der Waals surface area contributed by atoms with Crippen molar-refractivity contribution in [3.05, 3.63) is 28.8 Å². The van der Waals surface area contributed by atoms with Crippen LogP contribution in [0.1, 0.15) is 56.8 Å². The molecule has 2 fully saturated rings. The third-order valence-corrected chi connectivity index (χ3v) is 7.48. The van der Waals surface area contributed by atoms with Crippen LogP contribution >= 0.6 is 11.6 Å². The van der Waals surface area contributed by atoms with E-state index in [2.05, 4.69) is 29.6 Å². The van der Waals surface area contributed by atoms with E-state index in [1.54, 1.807) is 18.2 Å². The lowest BCUT2D eigenvalue weighted by atomic mass is 10.0. The van der Waals surface area contributed by atoms with Crippen LogP contribution < -0.4 is 5.43 Å². The van der Waals surface area contributed by atoms with Gasteiger partial charge in [0.1, 0.15) is 0 Å². The Bertz CT molecular complexity index is 735. The summed E-state index contributed by atoms with van der Waals surface area (Å²) in [5.41, 5.74) is 3.59. The van der Waals surface area contributed by atoms with Crippen molar-refractivity contribution in [1.29, 1.82) is 0 Å². The summed E-state index contributed by atoms with van der Waals surface area (Å²) in [6.07, 6.45) is 3.80. The molecule has 1 aromatic carbocycles. The Morgan fingerprint density at radius 2 is 2.12 bits per heavy atom. The van der Waals surface area contributed by atoms with Crippen LogP contribution in [-0.4, -0.2) is 27.3 Å². The molecule has 26 heavy (non-hydrogen) atoms. The molecule has 2 aliphatic rings. The summed E-state index contributed by atoms with van der Waals surface area (Å²) in [5.74, 6) is 0.296. The Kier molecular flexibility index (Phi) is 6.13. The average Bonchev–Trinajstić information content (AvgIpc) is 3.52. The van der Waals surface area contributed by atoms with Gasteiger partial charge in [-0.25, -0.2) is 0 Å². The van der Waals surface area contributed by atoms with Gasteiger partial charge in [0.2, 0.25) is 0 Å². The van der Waals surface area contributed by atoms with Crippen molar-refractivity contribution >= 4 is 28.2 Å². The lowest BCUT2D eigenvalue weighted by Crippen LogP contribution is -2.19. The molecule has 1 N–H and O–H groups in total. The van der Waals surface area contributed by atoms with Gasteiger partial charge in [-0.2, -0.15) is 5.11 Å². The van der Waals surface area contributed by atoms with Crippen LogP contribution in [0.25, 0.3) is 0 Å². The predicted octanol–water partition coefficient (Wildman–Crippen LogP) is 4.57. The Hall–Kier alpha value is -1.27. The normalized spacial score (nSPS) is 25.7. The number of nitrogens with zero attached hydrogens (tertiary/aromatic N) is 2. The van der Waals surface area contributed by atoms with E-state index in [1.165, 1.54) is 0 Å². The van der Waals surface area contributed by atoms with Crippen molar-refractivity contribution in [2.75, 3.05) is 0 Å². The largest absolute Gasteiger partial charge is 0.294 e. The fraction of sp³-hybridized carbons (Fsp3) is 0.632. The molecule has 2 saturated carbocycles. The molecule has 142 valence electrons. The molecule has 7 heteroatoms. The highest BCUT2D eigenvalue weighted by molar-refractivity contribution is 7.86. The Balaban J connectivity index is 1.58. The minimum atomic E-state index is -1.05. The molecular formula is C19H26ClN3O2S. The number of benzene rings is 1. The maximum atomic E-state index is 12.7. The molecular weight excluding hydrogens is 370 g/mol. The second-order valence-electron chi connectivity index (χ2n) is 7.41. The third kappa shape index (κ3) is 4.52. The molecule has 5 unspecified atom stereocenters. The van der Waals surface area contributed by atoms with E-state index < -0.39 is 10.8 Å². The van der Waals surface area contributed by atoms with Gasteiger partial charge in [0, 0.05) is 22.8 Å². The van der Waals surface area contributed by atoms with Crippen molar-refractivity contribution in [2.24, 2.45) is 22.2 Å². The number of rotatable bonds is 9. The summed E-state index contributed by atoms with van der Waals surface area (Å²) in [4.78, 5) is 13.4. The first-order chi connectivity index (χ1) is 12.4. The summed E-state index contributed by atoms with van der Waals surface area (Å²) in [6, 6.07) is 5.49. The van der Waals surface area contributed by atoms with Crippen molar-refractivity contribution in [1.82, 2.24) is 5.43 Å². The first-order valence-electron chi connectivity index (χ1n) is 9.32. The van der Waals surface area contributed by atoms with Crippen molar-refractivity contribution in [3.63, 3.8) is 0 Å². The van der Waals surface area contributed by atoms with E-state index in [4.69, 9.17) is 11.6 Å². The fourth-order valence-corrected chi connectivity index (χ4v) is 4.73. The van der Waals surface area contributed by atoms with Crippen molar-refractivity contribution < 1.29 is 9.00 Å². The van der Waals surface area contributed by atoms with Gasteiger partial charge in [-0.1, -0.05) is 29.8 Å². The number of hydrogen-bond donors (Lipinski definition) is 1. The fourth-order valence-electron chi connectivity index (χ4n) is 2.94. The molecule has 0 saturated heterocycles. The highest BCUT2D eigenvalue weighted by Gasteiger charge is 2.46. The van der Waals surface area contributed by atoms with Gasteiger partial charge in [-0.3, -0.25) is 14.4 Å². The maximum absolute atomic E-state index is 12.7. The first-order valence-corrected chi connectivity index (χ1v) is 10.9. The average molecular weight is 396 g/mol. The van der Waals surface area contributed by atoms with Crippen LogP contribution in [0.2, 0.25) is 5.02 Å². The minimum absolute atomic E-state index is 0.0117. The summed E-state index contributed by atoms with van der Waals surface area (Å²) in [7, 11) is -1.05. The molecule has 0 radical (unpaired) electrons. The summed E-state index contributed by atoms with van der Waals surface area (Å²) in [5, 5.41) is 8.99. The SMILES string of the molecule is CCC(C)NN=NC(C)C1CC1C(=O)c1ccc(S(=O)C2CC2)c(Cl)c1. The van der Waals surface area contributed by atoms with Gasteiger partial charge in [-0.05, 0) is 57.6 Å². The zero-order chi connectivity index (χ0) is 18.8. The summed E-state index contributed by atoms with van der Waals surface area (Å²) in [6.45, 7) is 6.13. The van der Waals surface area contributed by atoms with Gasteiger partial charge >= 0.3 is 0 Å². The van der Waals surface area contributed by atoms with Crippen LogP contribution in [0.5, 0.6) is 0 Å². The smallest absolute Gasteiger partial charge is 0.166 e. The van der Waals surface area contributed by atoms with E-state index in [-0.39, 0.29) is 28.9 Å². The second-order valence-corrected chi connectivity index (χ2v) is 9.52. The van der Waals surface area contributed by atoms with E-state index in [9.17, 15) is 9.00 Å². The molecule has 3 rings (SSSR count). The van der Waals surface area contributed by atoms with Crippen LogP contribution in [0.4, 0.5) is 0 Å². The first kappa shape index (κ1) is 19.5. The summed E-state index contributed by atoms with van der Waals surface area (Å²) < 4.78 is 12.3. The van der Waals surface area contributed by atoms with Gasteiger partial charge in [-0.15, -0.1) is 0 Å². The lowest BCUT2D eigenvalue weighted by molar-refractivity contribution is 0.0959. The number of nitrogens with one attached hydrogen (secondary N) is 1. The van der Waals surface area contributed by atoms with Gasteiger partial charge in [0.15, 0.2) is 5.78 Å². The third-order valence-electron chi connectivity index (χ3n) is 5.19. The Morgan fingerprint density at radius 1 is 1.38 bits per heavy atom. The highest BCUT2D eigenvalue weighted by Crippen LogP contribution is 2.45. The molecule has 5 nitrogen and oxygen atoms in total. The number of carbonyl (C=O) groups excluding carboxylic acids is 1. The summed E-state index contributed by atoms with van der Waals surface area (Å²) >= 11 is 6.29. The molecule has 0 bridgehead atoms. The quantitative estimate of drug-likeness (QED) is 0.378. The number of ketones is 1. The highest BCUT2D eigenvalue weighted by atomic mass is 35.5. The van der Waals surface area contributed by atoms with Crippen LogP contribution in [0, 0.1) is 11.8 Å². The van der Waals surface area contributed by atoms with Crippen molar-refractivity contribution in [3.8, 4) is 0 Å². The van der Waals surface area contributed by atoms with Crippen LogP contribution in [0.3, 0.4) is 0 Å². The van der Waals surface area contributed by atoms with Crippen LogP contribution in [-0.2, 0) is 10.8 Å².